The van der Waals surface area contributed by atoms with E-state index in [1.165, 1.54) is 6.20 Å². The molecule has 30 heavy (non-hydrogen) atoms. The van der Waals surface area contributed by atoms with Crippen LogP contribution in [-0.4, -0.2) is 41.7 Å². The Hall–Kier alpha value is -2.51. The van der Waals surface area contributed by atoms with Gasteiger partial charge in [-0.2, -0.15) is 0 Å². The molecule has 2 aromatic rings. The van der Waals surface area contributed by atoms with Crippen molar-refractivity contribution in [2.24, 2.45) is 0 Å². The number of halogens is 2. The Labute approximate surface area is 180 Å². The molecule has 8 heteroatoms. The molecule has 1 N–H and O–H groups in total. The summed E-state index contributed by atoms with van der Waals surface area (Å²) < 4.78 is 19.4. The van der Waals surface area contributed by atoms with E-state index in [1.54, 1.807) is 49.5 Å². The maximum atomic E-state index is 14.1. The first-order valence-electron chi connectivity index (χ1n) is 9.82. The third-order valence-electron chi connectivity index (χ3n) is 5.37. The second-order valence-electron chi connectivity index (χ2n) is 7.48. The van der Waals surface area contributed by atoms with Gasteiger partial charge in [0.05, 0.1) is 0 Å². The number of aryl methyl sites for hydroxylation is 1. The van der Waals surface area contributed by atoms with Crippen molar-refractivity contribution in [2.75, 3.05) is 18.1 Å². The van der Waals surface area contributed by atoms with Crippen LogP contribution >= 0.6 is 11.6 Å². The molecule has 1 saturated heterocycles. The number of aromatic nitrogens is 1. The Balaban J connectivity index is 2.10. The van der Waals surface area contributed by atoms with Gasteiger partial charge in [-0.15, -0.1) is 0 Å². The summed E-state index contributed by atoms with van der Waals surface area (Å²) in [6.45, 7) is 4.57. The van der Waals surface area contributed by atoms with E-state index in [0.29, 0.717) is 37.3 Å². The van der Waals surface area contributed by atoms with Crippen LogP contribution in [0.1, 0.15) is 30.9 Å². The minimum Gasteiger partial charge on any atom is -0.381 e. The molecule has 2 atom stereocenters. The standard InChI is InChI=1S/C22H25ClFN3O3/c1-15-5-7-18(8-6-15)27(20(28)19(23)24)22(2,16-4-3-11-25-14-16)21(29)26-17-9-12-30-13-10-17/h3-8,11,14,17,19H,9-10,12-13H2,1-2H3,(H,26,29)/t19-,22-/m0/s1. The molecule has 0 spiro atoms. The molecule has 1 aromatic carbocycles. The molecule has 1 aromatic heterocycles. The average Bonchev–Trinajstić information content (AvgIpc) is 2.76. The van der Waals surface area contributed by atoms with Crippen molar-refractivity contribution in [1.82, 2.24) is 10.3 Å². The van der Waals surface area contributed by atoms with E-state index in [2.05, 4.69) is 10.3 Å². The zero-order valence-electron chi connectivity index (χ0n) is 17.0. The van der Waals surface area contributed by atoms with Gasteiger partial charge >= 0.3 is 0 Å². The molecule has 3 rings (SSSR count). The number of nitrogens with zero attached hydrogens (tertiary/aromatic N) is 2. The lowest BCUT2D eigenvalue weighted by Crippen LogP contribution is -2.60. The third-order valence-corrected chi connectivity index (χ3v) is 5.56. The van der Waals surface area contributed by atoms with Crippen LogP contribution in [0.3, 0.4) is 0 Å². The fourth-order valence-corrected chi connectivity index (χ4v) is 3.68. The first-order chi connectivity index (χ1) is 14.3. The van der Waals surface area contributed by atoms with Crippen LogP contribution in [0.4, 0.5) is 10.1 Å². The summed E-state index contributed by atoms with van der Waals surface area (Å²) in [6.07, 6.45) is 4.39. The fourth-order valence-electron chi connectivity index (χ4n) is 3.58. The number of rotatable bonds is 6. The minimum absolute atomic E-state index is 0.102. The van der Waals surface area contributed by atoms with E-state index in [4.69, 9.17) is 16.3 Å². The Kier molecular flexibility index (Phi) is 7.05. The number of ether oxygens (including phenoxy) is 1. The van der Waals surface area contributed by atoms with Crippen LogP contribution < -0.4 is 10.2 Å². The Bertz CT molecular complexity index is 873. The summed E-state index contributed by atoms with van der Waals surface area (Å²) in [5, 5.41) is 3.01. The van der Waals surface area contributed by atoms with Crippen LogP contribution in [-0.2, 0) is 19.9 Å². The summed E-state index contributed by atoms with van der Waals surface area (Å²) >= 11 is 5.57. The lowest BCUT2D eigenvalue weighted by molar-refractivity contribution is -0.132. The van der Waals surface area contributed by atoms with Gasteiger partial charge in [0, 0.05) is 42.9 Å². The summed E-state index contributed by atoms with van der Waals surface area (Å²) in [4.78, 5) is 31.8. The number of carbonyl (C=O) groups is 2. The normalized spacial score (nSPS) is 17.6. The van der Waals surface area contributed by atoms with Crippen molar-refractivity contribution in [1.29, 1.82) is 0 Å². The van der Waals surface area contributed by atoms with Gasteiger partial charge in [-0.05, 0) is 44.9 Å². The highest BCUT2D eigenvalue weighted by molar-refractivity contribution is 6.32. The zero-order valence-corrected chi connectivity index (χ0v) is 17.7. The topological polar surface area (TPSA) is 71.5 Å². The van der Waals surface area contributed by atoms with Crippen molar-refractivity contribution in [3.05, 3.63) is 59.9 Å². The molecule has 1 aliphatic rings. The highest BCUT2D eigenvalue weighted by Crippen LogP contribution is 2.35. The van der Waals surface area contributed by atoms with Crippen molar-refractivity contribution in [2.45, 2.75) is 43.9 Å². The third kappa shape index (κ3) is 4.63. The maximum absolute atomic E-state index is 14.1. The molecule has 2 heterocycles. The Morgan fingerprint density at radius 3 is 2.50 bits per heavy atom. The quantitative estimate of drug-likeness (QED) is 0.708. The maximum Gasteiger partial charge on any atom is 0.278 e. The van der Waals surface area contributed by atoms with Crippen LogP contribution in [0.2, 0.25) is 0 Å². The van der Waals surface area contributed by atoms with E-state index in [9.17, 15) is 14.0 Å². The number of nitrogens with one attached hydrogen (secondary N) is 1. The van der Waals surface area contributed by atoms with E-state index in [0.717, 1.165) is 10.5 Å². The van der Waals surface area contributed by atoms with Gasteiger partial charge < -0.3 is 10.1 Å². The van der Waals surface area contributed by atoms with E-state index >= 15 is 0 Å². The van der Waals surface area contributed by atoms with Gasteiger partial charge in [-0.1, -0.05) is 35.4 Å². The number of alkyl halides is 2. The summed E-state index contributed by atoms with van der Waals surface area (Å²) in [5.74, 6) is -1.46. The number of hydrogen-bond donors (Lipinski definition) is 1. The van der Waals surface area contributed by atoms with Gasteiger partial charge in [0.1, 0.15) is 0 Å². The van der Waals surface area contributed by atoms with E-state index < -0.39 is 23.0 Å². The molecule has 1 fully saturated rings. The Morgan fingerprint density at radius 2 is 1.93 bits per heavy atom. The van der Waals surface area contributed by atoms with Crippen LogP contribution in [0.15, 0.2) is 48.8 Å². The number of anilines is 1. The predicted octanol–water partition coefficient (Wildman–Crippen LogP) is 3.47. The van der Waals surface area contributed by atoms with Crippen molar-refractivity contribution < 1.29 is 18.7 Å². The van der Waals surface area contributed by atoms with Gasteiger partial charge in [0.15, 0.2) is 5.54 Å². The molecule has 1 aliphatic heterocycles. The van der Waals surface area contributed by atoms with Crippen molar-refractivity contribution in [3.63, 3.8) is 0 Å². The first kappa shape index (κ1) is 22.2. The summed E-state index contributed by atoms with van der Waals surface area (Å²) in [5.41, 5.74) is -2.11. The largest absolute Gasteiger partial charge is 0.381 e. The Morgan fingerprint density at radius 1 is 1.27 bits per heavy atom. The fraction of sp³-hybridized carbons (Fsp3) is 0.409. The van der Waals surface area contributed by atoms with Gasteiger partial charge in [-0.3, -0.25) is 19.5 Å². The first-order valence-corrected chi connectivity index (χ1v) is 10.3. The monoisotopic (exact) mass is 433 g/mol. The number of hydrogen-bond acceptors (Lipinski definition) is 4. The molecule has 6 nitrogen and oxygen atoms in total. The molecule has 0 unspecified atom stereocenters. The smallest absolute Gasteiger partial charge is 0.278 e. The molecule has 0 aliphatic carbocycles. The number of pyridine rings is 1. The van der Waals surface area contributed by atoms with Gasteiger partial charge in [0.25, 0.3) is 17.4 Å². The van der Waals surface area contributed by atoms with E-state index in [1.807, 2.05) is 6.92 Å². The van der Waals surface area contributed by atoms with E-state index in [-0.39, 0.29) is 6.04 Å². The number of carbonyl (C=O) groups excluding carboxylic acids is 2. The average molecular weight is 434 g/mol. The number of benzene rings is 1. The molecule has 2 amide bonds. The molecular formula is C22H25ClFN3O3. The van der Waals surface area contributed by atoms with Crippen molar-refractivity contribution in [3.8, 4) is 0 Å². The molecule has 0 bridgehead atoms. The SMILES string of the molecule is Cc1ccc(N(C(=O)[C@H](F)Cl)[C@](C)(C(=O)NC2CCOCC2)c2cccnc2)cc1. The molecule has 0 radical (unpaired) electrons. The van der Waals surface area contributed by atoms with Crippen LogP contribution in [0.25, 0.3) is 0 Å². The lowest BCUT2D eigenvalue weighted by atomic mass is 9.88. The minimum atomic E-state index is -2.31. The predicted molar refractivity (Wildman–Crippen MR) is 113 cm³/mol. The second-order valence-corrected chi connectivity index (χ2v) is 7.87. The molecule has 160 valence electrons. The van der Waals surface area contributed by atoms with Crippen molar-refractivity contribution >= 4 is 29.1 Å². The van der Waals surface area contributed by atoms with Crippen LogP contribution in [0, 0.1) is 6.92 Å². The second kappa shape index (κ2) is 9.53. The lowest BCUT2D eigenvalue weighted by Gasteiger charge is -2.41. The summed E-state index contributed by atoms with van der Waals surface area (Å²) in [6, 6.07) is 10.2. The molecular weight excluding hydrogens is 409 g/mol. The van der Waals surface area contributed by atoms with Gasteiger partial charge in [-0.25, -0.2) is 4.39 Å². The highest BCUT2D eigenvalue weighted by atomic mass is 35.5. The highest BCUT2D eigenvalue weighted by Gasteiger charge is 2.47. The van der Waals surface area contributed by atoms with Gasteiger partial charge in [0.2, 0.25) is 0 Å². The summed E-state index contributed by atoms with van der Waals surface area (Å²) in [7, 11) is 0. The zero-order chi connectivity index (χ0) is 21.7. The van der Waals surface area contributed by atoms with Crippen LogP contribution in [0.5, 0.6) is 0 Å². The molecule has 0 saturated carbocycles. The number of amides is 2.